The summed E-state index contributed by atoms with van der Waals surface area (Å²) in [6.45, 7) is 5.36. The lowest BCUT2D eigenvalue weighted by atomic mass is 10.0. The van der Waals surface area contributed by atoms with Crippen molar-refractivity contribution < 1.29 is 9.18 Å². The highest BCUT2D eigenvalue weighted by atomic mass is 32.1. The minimum absolute atomic E-state index is 0.0390. The lowest BCUT2D eigenvalue weighted by Gasteiger charge is -2.33. The van der Waals surface area contributed by atoms with Crippen LogP contribution in [0.25, 0.3) is 0 Å². The maximum absolute atomic E-state index is 13.9. The number of nitrogens with zero attached hydrogens (tertiary/aromatic N) is 3. The molecule has 28 heavy (non-hydrogen) atoms. The molecule has 150 valence electrons. The van der Waals surface area contributed by atoms with Gasteiger partial charge in [0.25, 0.3) is 5.91 Å². The van der Waals surface area contributed by atoms with Gasteiger partial charge in [-0.3, -0.25) is 14.6 Å². The lowest BCUT2D eigenvalue weighted by molar-refractivity contribution is 0.0904. The maximum atomic E-state index is 13.9. The molecule has 0 unspecified atom stereocenters. The van der Waals surface area contributed by atoms with E-state index in [1.807, 2.05) is 12.1 Å². The second-order valence-electron chi connectivity index (χ2n) is 7.74. The van der Waals surface area contributed by atoms with Gasteiger partial charge in [-0.15, -0.1) is 11.3 Å². The summed E-state index contributed by atoms with van der Waals surface area (Å²) in [4.78, 5) is 22.4. The molecular weight excluding hydrogens is 375 g/mol. The zero-order valence-electron chi connectivity index (χ0n) is 16.1. The number of thiazole rings is 1. The largest absolute Gasteiger partial charge is 0.347 e. The molecule has 0 radical (unpaired) electrons. The fraction of sp³-hybridized carbons (Fsp3) is 0.524. The van der Waals surface area contributed by atoms with Crippen LogP contribution in [0.2, 0.25) is 0 Å². The Morgan fingerprint density at radius 3 is 2.75 bits per heavy atom. The SMILES string of the molecule is O=C(N[C@@H]1CCCN(Cc2ccccc2F)C1)c1cnc(CN2CCCC2)s1. The molecule has 2 aliphatic heterocycles. The predicted molar refractivity (Wildman–Crippen MR) is 109 cm³/mol. The number of nitrogens with one attached hydrogen (secondary N) is 1. The van der Waals surface area contributed by atoms with Crippen molar-refractivity contribution in [3.8, 4) is 0 Å². The van der Waals surface area contributed by atoms with E-state index in [2.05, 4.69) is 20.1 Å². The molecule has 2 saturated heterocycles. The number of benzene rings is 1. The highest BCUT2D eigenvalue weighted by Crippen LogP contribution is 2.20. The summed E-state index contributed by atoms with van der Waals surface area (Å²) >= 11 is 1.49. The Hall–Kier alpha value is -1.83. The fourth-order valence-corrected chi connectivity index (χ4v) is 4.92. The van der Waals surface area contributed by atoms with E-state index in [-0.39, 0.29) is 17.8 Å². The van der Waals surface area contributed by atoms with Crippen molar-refractivity contribution in [2.45, 2.75) is 44.8 Å². The standard InChI is InChI=1S/C21H27FN4OS/c22-18-8-2-1-6-16(18)13-26-11-5-7-17(14-26)24-21(27)19-12-23-20(28-19)15-25-9-3-4-10-25/h1-2,6,8,12,17H,3-5,7,9-11,13-15H2,(H,24,27)/t17-/m1/s1. The van der Waals surface area contributed by atoms with Crippen LogP contribution in [0.5, 0.6) is 0 Å². The number of hydrogen-bond acceptors (Lipinski definition) is 5. The van der Waals surface area contributed by atoms with E-state index in [4.69, 9.17) is 0 Å². The molecule has 2 aromatic rings. The minimum atomic E-state index is -0.163. The van der Waals surface area contributed by atoms with Crippen LogP contribution < -0.4 is 5.32 Å². The third-order valence-corrected chi connectivity index (χ3v) is 6.51. The number of amides is 1. The summed E-state index contributed by atoms with van der Waals surface area (Å²) in [7, 11) is 0. The molecular formula is C21H27FN4OS. The number of aromatic nitrogens is 1. The first-order valence-corrected chi connectivity index (χ1v) is 10.9. The number of rotatable bonds is 6. The Labute approximate surface area is 169 Å². The fourth-order valence-electron chi connectivity index (χ4n) is 4.06. The molecule has 0 aliphatic carbocycles. The van der Waals surface area contributed by atoms with Crippen LogP contribution in [-0.2, 0) is 13.1 Å². The maximum Gasteiger partial charge on any atom is 0.263 e. The first kappa shape index (κ1) is 19.5. The lowest BCUT2D eigenvalue weighted by Crippen LogP contribution is -2.47. The average Bonchev–Trinajstić information content (AvgIpc) is 3.37. The summed E-state index contributed by atoms with van der Waals surface area (Å²) in [6.07, 6.45) is 6.17. The molecule has 0 bridgehead atoms. The topological polar surface area (TPSA) is 48.5 Å². The Bertz CT molecular complexity index is 805. The molecule has 1 amide bonds. The van der Waals surface area contributed by atoms with Gasteiger partial charge in [0.15, 0.2) is 0 Å². The minimum Gasteiger partial charge on any atom is -0.347 e. The third-order valence-electron chi connectivity index (χ3n) is 5.53. The number of halogens is 1. The van der Waals surface area contributed by atoms with Crippen molar-refractivity contribution >= 4 is 17.2 Å². The van der Waals surface area contributed by atoms with Gasteiger partial charge < -0.3 is 5.32 Å². The van der Waals surface area contributed by atoms with Gasteiger partial charge in [-0.05, 0) is 51.4 Å². The van der Waals surface area contributed by atoms with Gasteiger partial charge in [0.1, 0.15) is 15.7 Å². The number of piperidine rings is 1. The first-order chi connectivity index (χ1) is 13.7. The van der Waals surface area contributed by atoms with Gasteiger partial charge in [0, 0.05) is 24.7 Å². The molecule has 7 heteroatoms. The van der Waals surface area contributed by atoms with Crippen LogP contribution in [-0.4, -0.2) is 52.9 Å². The predicted octanol–water partition coefficient (Wildman–Crippen LogP) is 3.27. The average molecular weight is 403 g/mol. The van der Waals surface area contributed by atoms with Crippen molar-refractivity contribution in [2.75, 3.05) is 26.2 Å². The monoisotopic (exact) mass is 402 g/mol. The van der Waals surface area contributed by atoms with Gasteiger partial charge in [0.2, 0.25) is 0 Å². The highest BCUT2D eigenvalue weighted by Gasteiger charge is 2.23. The van der Waals surface area contributed by atoms with Crippen LogP contribution >= 0.6 is 11.3 Å². The van der Waals surface area contributed by atoms with E-state index >= 15 is 0 Å². The molecule has 1 atom stereocenters. The van der Waals surface area contributed by atoms with Crippen molar-refractivity contribution in [1.82, 2.24) is 20.1 Å². The number of carbonyl (C=O) groups excluding carboxylic acids is 1. The highest BCUT2D eigenvalue weighted by molar-refractivity contribution is 7.13. The van der Waals surface area contributed by atoms with Gasteiger partial charge >= 0.3 is 0 Å². The van der Waals surface area contributed by atoms with Crippen molar-refractivity contribution in [1.29, 1.82) is 0 Å². The molecule has 1 aromatic heterocycles. The van der Waals surface area contributed by atoms with E-state index < -0.39 is 0 Å². The Kier molecular flexibility index (Phi) is 6.34. The molecule has 4 rings (SSSR count). The molecule has 0 spiro atoms. The van der Waals surface area contributed by atoms with Crippen LogP contribution in [0.1, 0.15) is 45.9 Å². The first-order valence-electron chi connectivity index (χ1n) is 10.1. The van der Waals surface area contributed by atoms with Crippen LogP contribution in [0.3, 0.4) is 0 Å². The quantitative estimate of drug-likeness (QED) is 0.806. The third kappa shape index (κ3) is 4.96. The zero-order valence-corrected chi connectivity index (χ0v) is 16.9. The zero-order chi connectivity index (χ0) is 19.3. The second-order valence-corrected chi connectivity index (χ2v) is 8.86. The Morgan fingerprint density at radius 2 is 1.93 bits per heavy atom. The molecule has 3 heterocycles. The van der Waals surface area contributed by atoms with E-state index in [1.165, 1.54) is 30.2 Å². The summed E-state index contributed by atoms with van der Waals surface area (Å²) in [5.41, 5.74) is 0.712. The summed E-state index contributed by atoms with van der Waals surface area (Å²) in [5.74, 6) is -0.202. The summed E-state index contributed by atoms with van der Waals surface area (Å²) in [5, 5.41) is 4.17. The Balaban J connectivity index is 1.30. The smallest absolute Gasteiger partial charge is 0.263 e. The molecule has 1 N–H and O–H groups in total. The normalized spacial score (nSPS) is 21.1. The van der Waals surface area contributed by atoms with Crippen LogP contribution in [0.4, 0.5) is 4.39 Å². The van der Waals surface area contributed by atoms with Crippen molar-refractivity contribution in [2.24, 2.45) is 0 Å². The van der Waals surface area contributed by atoms with Gasteiger partial charge in [-0.2, -0.15) is 0 Å². The summed E-state index contributed by atoms with van der Waals surface area (Å²) in [6, 6.07) is 7.01. The van der Waals surface area contributed by atoms with Crippen molar-refractivity contribution in [3.63, 3.8) is 0 Å². The molecule has 0 saturated carbocycles. The molecule has 2 fully saturated rings. The van der Waals surface area contributed by atoms with Gasteiger partial charge in [-0.1, -0.05) is 18.2 Å². The Morgan fingerprint density at radius 1 is 1.14 bits per heavy atom. The van der Waals surface area contributed by atoms with Crippen LogP contribution in [0.15, 0.2) is 30.5 Å². The van der Waals surface area contributed by atoms with E-state index in [1.54, 1.807) is 12.3 Å². The second kappa shape index (κ2) is 9.11. The molecule has 2 aliphatic rings. The molecule has 1 aromatic carbocycles. The van der Waals surface area contributed by atoms with E-state index in [0.29, 0.717) is 17.0 Å². The van der Waals surface area contributed by atoms with E-state index in [9.17, 15) is 9.18 Å². The van der Waals surface area contributed by atoms with E-state index in [0.717, 1.165) is 50.6 Å². The number of hydrogen-bond donors (Lipinski definition) is 1. The van der Waals surface area contributed by atoms with Crippen molar-refractivity contribution in [3.05, 3.63) is 51.7 Å². The number of likely N-dealkylation sites (tertiary alicyclic amines) is 2. The number of carbonyl (C=O) groups is 1. The summed E-state index contributed by atoms with van der Waals surface area (Å²) < 4.78 is 13.9. The van der Waals surface area contributed by atoms with Gasteiger partial charge in [0.05, 0.1) is 12.7 Å². The van der Waals surface area contributed by atoms with Gasteiger partial charge in [-0.25, -0.2) is 9.37 Å². The van der Waals surface area contributed by atoms with Crippen LogP contribution in [0, 0.1) is 5.82 Å². The molecule has 5 nitrogen and oxygen atoms in total.